The van der Waals surface area contributed by atoms with E-state index in [2.05, 4.69) is 18.6 Å². The number of benzene rings is 1. The van der Waals surface area contributed by atoms with Gasteiger partial charge in [-0.15, -0.1) is 0 Å². The number of carbonyl (C=O) groups excluding carboxylic acids is 2. The third-order valence-corrected chi connectivity index (χ3v) is 4.18. The summed E-state index contributed by atoms with van der Waals surface area (Å²) in [5.74, 6) is -0.119. The molecule has 21 heavy (non-hydrogen) atoms. The van der Waals surface area contributed by atoms with Crippen LogP contribution < -0.4 is 0 Å². The molecule has 1 amide bonds. The quantitative estimate of drug-likeness (QED) is 0.804. The molecule has 0 unspecified atom stereocenters. The fourth-order valence-electron chi connectivity index (χ4n) is 2.54. The predicted molar refractivity (Wildman–Crippen MR) is 80.8 cm³/mol. The summed E-state index contributed by atoms with van der Waals surface area (Å²) in [7, 11) is 1.37. The van der Waals surface area contributed by atoms with E-state index in [1.165, 1.54) is 7.11 Å². The summed E-state index contributed by atoms with van der Waals surface area (Å²) in [5.41, 5.74) is 1.80. The van der Waals surface area contributed by atoms with E-state index in [0.29, 0.717) is 18.5 Å². The van der Waals surface area contributed by atoms with E-state index in [-0.39, 0.29) is 17.3 Å². The summed E-state index contributed by atoms with van der Waals surface area (Å²) in [6.07, 6.45) is 2.59. The van der Waals surface area contributed by atoms with Gasteiger partial charge in [0.25, 0.3) is 0 Å². The normalized spacial score (nSPS) is 18.2. The first-order chi connectivity index (χ1) is 9.91. The smallest absolute Gasteiger partial charge is 0.337 e. The lowest BCUT2D eigenvalue weighted by molar-refractivity contribution is -0.131. The average Bonchev–Trinajstić information content (AvgIpc) is 2.60. The van der Waals surface area contributed by atoms with Crippen molar-refractivity contribution in [3.05, 3.63) is 35.4 Å². The number of hydrogen-bond acceptors (Lipinski definition) is 3. The van der Waals surface area contributed by atoms with Gasteiger partial charge < -0.3 is 9.64 Å². The molecule has 114 valence electrons. The van der Waals surface area contributed by atoms with Crippen LogP contribution in [0.15, 0.2) is 24.3 Å². The molecule has 0 aromatic heterocycles. The highest BCUT2D eigenvalue weighted by Crippen LogP contribution is 2.30. The molecule has 0 saturated carbocycles. The van der Waals surface area contributed by atoms with Crippen LogP contribution in [0, 0.1) is 5.41 Å². The first kappa shape index (κ1) is 15.5. The Morgan fingerprint density at radius 1 is 1.24 bits per heavy atom. The van der Waals surface area contributed by atoms with Crippen molar-refractivity contribution < 1.29 is 14.3 Å². The number of esters is 1. The van der Waals surface area contributed by atoms with E-state index in [0.717, 1.165) is 24.9 Å². The minimum atomic E-state index is -0.339. The first-order valence-corrected chi connectivity index (χ1v) is 7.36. The standard InChI is InChI=1S/C17H23NO3/c1-17(2)9-8-15(19)18(11-10-17)12-13-4-6-14(7-5-13)16(20)21-3/h4-7H,8-12H2,1-3H3. The van der Waals surface area contributed by atoms with Crippen LogP contribution in [0.4, 0.5) is 0 Å². The van der Waals surface area contributed by atoms with Gasteiger partial charge in [0, 0.05) is 19.5 Å². The van der Waals surface area contributed by atoms with Crippen LogP contribution >= 0.6 is 0 Å². The lowest BCUT2D eigenvalue weighted by Gasteiger charge is -2.23. The van der Waals surface area contributed by atoms with Crippen molar-refractivity contribution in [1.82, 2.24) is 4.90 Å². The minimum absolute atomic E-state index is 0.220. The molecule has 1 heterocycles. The molecule has 0 bridgehead atoms. The molecular formula is C17H23NO3. The Bertz CT molecular complexity index is 519. The van der Waals surface area contributed by atoms with Crippen molar-refractivity contribution in [3.63, 3.8) is 0 Å². The maximum Gasteiger partial charge on any atom is 0.337 e. The van der Waals surface area contributed by atoms with E-state index in [1.807, 2.05) is 17.0 Å². The number of hydrogen-bond donors (Lipinski definition) is 0. The summed E-state index contributed by atoms with van der Waals surface area (Å²) in [5, 5.41) is 0. The fraction of sp³-hybridized carbons (Fsp3) is 0.529. The number of amides is 1. The third kappa shape index (κ3) is 4.06. The Morgan fingerprint density at radius 3 is 2.52 bits per heavy atom. The molecule has 0 aliphatic carbocycles. The van der Waals surface area contributed by atoms with Crippen molar-refractivity contribution in [1.29, 1.82) is 0 Å². The Kier molecular flexibility index (Phi) is 4.66. The van der Waals surface area contributed by atoms with Crippen molar-refractivity contribution in [3.8, 4) is 0 Å². The second kappa shape index (κ2) is 6.29. The topological polar surface area (TPSA) is 46.6 Å². The lowest BCUT2D eigenvalue weighted by atomic mass is 9.85. The van der Waals surface area contributed by atoms with Gasteiger partial charge in [0.2, 0.25) is 5.91 Å². The van der Waals surface area contributed by atoms with Gasteiger partial charge in [-0.05, 0) is 36.0 Å². The summed E-state index contributed by atoms with van der Waals surface area (Å²) >= 11 is 0. The van der Waals surface area contributed by atoms with E-state index in [4.69, 9.17) is 0 Å². The van der Waals surface area contributed by atoms with Crippen molar-refractivity contribution in [2.75, 3.05) is 13.7 Å². The lowest BCUT2D eigenvalue weighted by Crippen LogP contribution is -2.30. The summed E-state index contributed by atoms with van der Waals surface area (Å²) in [4.78, 5) is 25.5. The number of ether oxygens (including phenoxy) is 1. The Labute approximate surface area is 126 Å². The van der Waals surface area contributed by atoms with Gasteiger partial charge in [0.05, 0.1) is 12.7 Å². The van der Waals surface area contributed by atoms with Crippen LogP contribution in [-0.2, 0) is 16.1 Å². The molecule has 0 atom stereocenters. The van der Waals surface area contributed by atoms with Gasteiger partial charge in [0.15, 0.2) is 0 Å². The molecule has 1 aromatic carbocycles. The Morgan fingerprint density at radius 2 is 1.90 bits per heavy atom. The number of carbonyl (C=O) groups is 2. The molecule has 1 saturated heterocycles. The summed E-state index contributed by atoms with van der Waals surface area (Å²) in [6, 6.07) is 7.26. The number of rotatable bonds is 3. The zero-order valence-electron chi connectivity index (χ0n) is 13.0. The molecule has 4 heteroatoms. The van der Waals surface area contributed by atoms with Crippen molar-refractivity contribution in [2.45, 2.75) is 39.7 Å². The highest BCUT2D eigenvalue weighted by atomic mass is 16.5. The third-order valence-electron chi connectivity index (χ3n) is 4.18. The second-order valence-electron chi connectivity index (χ2n) is 6.42. The second-order valence-corrected chi connectivity index (χ2v) is 6.42. The molecule has 1 aromatic rings. The molecule has 2 rings (SSSR count). The van der Waals surface area contributed by atoms with Gasteiger partial charge in [-0.25, -0.2) is 4.79 Å². The molecule has 0 N–H and O–H groups in total. The van der Waals surface area contributed by atoms with Crippen LogP contribution in [0.2, 0.25) is 0 Å². The molecule has 1 aliphatic rings. The number of likely N-dealkylation sites (tertiary alicyclic amines) is 1. The maximum absolute atomic E-state index is 12.2. The molecule has 0 spiro atoms. The maximum atomic E-state index is 12.2. The van der Waals surface area contributed by atoms with Gasteiger partial charge >= 0.3 is 5.97 Å². The van der Waals surface area contributed by atoms with Crippen LogP contribution in [0.25, 0.3) is 0 Å². The molecule has 4 nitrogen and oxygen atoms in total. The SMILES string of the molecule is COC(=O)c1ccc(CN2CCC(C)(C)CCC2=O)cc1. The molecule has 1 fully saturated rings. The predicted octanol–water partition coefficient (Wildman–Crippen LogP) is 3.01. The van der Waals surface area contributed by atoms with Gasteiger partial charge in [0.1, 0.15) is 0 Å². The highest BCUT2D eigenvalue weighted by molar-refractivity contribution is 5.89. The Hall–Kier alpha value is -1.84. The monoisotopic (exact) mass is 289 g/mol. The van der Waals surface area contributed by atoms with Gasteiger partial charge in [-0.3, -0.25) is 4.79 Å². The molecular weight excluding hydrogens is 266 g/mol. The van der Waals surface area contributed by atoms with Crippen LogP contribution in [-0.4, -0.2) is 30.4 Å². The molecule has 1 aliphatic heterocycles. The largest absolute Gasteiger partial charge is 0.465 e. The number of methoxy groups -OCH3 is 1. The Balaban J connectivity index is 2.03. The van der Waals surface area contributed by atoms with E-state index >= 15 is 0 Å². The zero-order valence-corrected chi connectivity index (χ0v) is 13.0. The van der Waals surface area contributed by atoms with E-state index < -0.39 is 0 Å². The van der Waals surface area contributed by atoms with Gasteiger partial charge in [-0.2, -0.15) is 0 Å². The van der Waals surface area contributed by atoms with E-state index in [1.54, 1.807) is 12.1 Å². The number of nitrogens with zero attached hydrogens (tertiary/aromatic N) is 1. The van der Waals surface area contributed by atoms with Gasteiger partial charge in [-0.1, -0.05) is 26.0 Å². The average molecular weight is 289 g/mol. The fourth-order valence-corrected chi connectivity index (χ4v) is 2.54. The van der Waals surface area contributed by atoms with Crippen LogP contribution in [0.1, 0.15) is 49.0 Å². The van der Waals surface area contributed by atoms with Crippen LogP contribution in [0.5, 0.6) is 0 Å². The summed E-state index contributed by atoms with van der Waals surface area (Å²) in [6.45, 7) is 5.84. The molecule has 0 radical (unpaired) electrons. The van der Waals surface area contributed by atoms with Crippen molar-refractivity contribution in [2.24, 2.45) is 5.41 Å². The minimum Gasteiger partial charge on any atom is -0.465 e. The first-order valence-electron chi connectivity index (χ1n) is 7.36. The summed E-state index contributed by atoms with van der Waals surface area (Å²) < 4.78 is 4.68. The van der Waals surface area contributed by atoms with Crippen molar-refractivity contribution >= 4 is 11.9 Å². The van der Waals surface area contributed by atoms with Crippen LogP contribution in [0.3, 0.4) is 0 Å². The zero-order chi connectivity index (χ0) is 15.5. The van der Waals surface area contributed by atoms with E-state index in [9.17, 15) is 9.59 Å². The highest BCUT2D eigenvalue weighted by Gasteiger charge is 2.27.